The fraction of sp³-hybridized carbons (Fsp3) is 0.375. The number of nitrogens with zero attached hydrogens (tertiary/aromatic N) is 2. The lowest BCUT2D eigenvalue weighted by Gasteiger charge is -2.34. The molecule has 1 aliphatic rings. The van der Waals surface area contributed by atoms with Crippen LogP contribution in [0.3, 0.4) is 0 Å². The predicted octanol–water partition coefficient (Wildman–Crippen LogP) is 1.46. The molecule has 5 heteroatoms. The van der Waals surface area contributed by atoms with Crippen LogP contribution in [-0.4, -0.2) is 41.9 Å². The SMILES string of the molecule is CC(=O)N1CCN(Cc2ccc3occc(=O)c3c2)CC1. The van der Waals surface area contributed by atoms with Gasteiger partial charge >= 0.3 is 0 Å². The minimum Gasteiger partial charge on any atom is -0.464 e. The Kier molecular flexibility index (Phi) is 3.75. The summed E-state index contributed by atoms with van der Waals surface area (Å²) >= 11 is 0. The molecule has 1 fully saturated rings. The van der Waals surface area contributed by atoms with Gasteiger partial charge in [0.1, 0.15) is 5.58 Å². The molecule has 0 N–H and O–H groups in total. The Morgan fingerprint density at radius 1 is 1.19 bits per heavy atom. The van der Waals surface area contributed by atoms with Crippen LogP contribution in [0.25, 0.3) is 11.0 Å². The van der Waals surface area contributed by atoms with Gasteiger partial charge in [0.25, 0.3) is 0 Å². The lowest BCUT2D eigenvalue weighted by atomic mass is 10.1. The molecule has 3 rings (SSSR count). The molecule has 1 amide bonds. The zero-order valence-corrected chi connectivity index (χ0v) is 12.0. The quantitative estimate of drug-likeness (QED) is 0.838. The Hall–Kier alpha value is -2.14. The Morgan fingerprint density at radius 2 is 1.95 bits per heavy atom. The second-order valence-corrected chi connectivity index (χ2v) is 5.40. The molecule has 1 aromatic carbocycles. The molecule has 0 radical (unpaired) electrons. The maximum Gasteiger partial charge on any atom is 0.219 e. The van der Waals surface area contributed by atoms with E-state index in [4.69, 9.17) is 4.42 Å². The van der Waals surface area contributed by atoms with Gasteiger partial charge in [0, 0.05) is 45.7 Å². The van der Waals surface area contributed by atoms with E-state index in [9.17, 15) is 9.59 Å². The van der Waals surface area contributed by atoms with E-state index in [-0.39, 0.29) is 11.3 Å². The largest absolute Gasteiger partial charge is 0.464 e. The highest BCUT2D eigenvalue weighted by Gasteiger charge is 2.18. The average Bonchev–Trinajstić information content (AvgIpc) is 2.49. The average molecular weight is 286 g/mol. The van der Waals surface area contributed by atoms with Gasteiger partial charge in [0.05, 0.1) is 11.6 Å². The first-order valence-corrected chi connectivity index (χ1v) is 7.12. The summed E-state index contributed by atoms with van der Waals surface area (Å²) in [6.45, 7) is 5.66. The third-order valence-corrected chi connectivity index (χ3v) is 3.95. The molecule has 2 heterocycles. The second kappa shape index (κ2) is 5.69. The minimum absolute atomic E-state index is 0.0144. The summed E-state index contributed by atoms with van der Waals surface area (Å²) in [5.74, 6) is 0.137. The summed E-state index contributed by atoms with van der Waals surface area (Å²) in [6.07, 6.45) is 1.42. The number of piperazine rings is 1. The van der Waals surface area contributed by atoms with Crippen LogP contribution in [0.5, 0.6) is 0 Å². The molecule has 1 saturated heterocycles. The van der Waals surface area contributed by atoms with E-state index in [0.29, 0.717) is 11.0 Å². The molecular weight excluding hydrogens is 268 g/mol. The molecule has 1 aliphatic heterocycles. The van der Waals surface area contributed by atoms with Gasteiger partial charge in [-0.05, 0) is 17.7 Å². The molecule has 2 aromatic rings. The van der Waals surface area contributed by atoms with Gasteiger partial charge in [-0.15, -0.1) is 0 Å². The van der Waals surface area contributed by atoms with Crippen LogP contribution in [0, 0.1) is 0 Å². The van der Waals surface area contributed by atoms with Gasteiger partial charge in [-0.25, -0.2) is 0 Å². The van der Waals surface area contributed by atoms with E-state index in [1.54, 1.807) is 6.92 Å². The number of amides is 1. The number of fused-ring (bicyclic) bond motifs is 1. The van der Waals surface area contributed by atoms with Crippen LogP contribution >= 0.6 is 0 Å². The maximum atomic E-state index is 11.8. The number of hydrogen-bond acceptors (Lipinski definition) is 4. The van der Waals surface area contributed by atoms with Crippen molar-refractivity contribution in [3.05, 3.63) is 46.3 Å². The lowest BCUT2D eigenvalue weighted by molar-refractivity contribution is -0.130. The molecule has 0 unspecified atom stereocenters. The van der Waals surface area contributed by atoms with Crippen molar-refractivity contribution in [1.29, 1.82) is 0 Å². The van der Waals surface area contributed by atoms with Gasteiger partial charge < -0.3 is 9.32 Å². The molecule has 0 atom stereocenters. The van der Waals surface area contributed by atoms with Crippen LogP contribution in [0.15, 0.2) is 39.7 Å². The zero-order valence-electron chi connectivity index (χ0n) is 12.0. The van der Waals surface area contributed by atoms with Crippen molar-refractivity contribution < 1.29 is 9.21 Å². The summed E-state index contributed by atoms with van der Waals surface area (Å²) in [4.78, 5) is 27.3. The molecule has 1 aromatic heterocycles. The number of hydrogen-bond donors (Lipinski definition) is 0. The van der Waals surface area contributed by atoms with Crippen molar-refractivity contribution in [3.63, 3.8) is 0 Å². The van der Waals surface area contributed by atoms with E-state index in [2.05, 4.69) is 4.90 Å². The fourth-order valence-corrected chi connectivity index (χ4v) is 2.71. The highest BCUT2D eigenvalue weighted by Crippen LogP contribution is 2.15. The zero-order chi connectivity index (χ0) is 14.8. The molecule has 0 saturated carbocycles. The first-order valence-electron chi connectivity index (χ1n) is 7.12. The molecular formula is C16H18N2O3. The van der Waals surface area contributed by atoms with Crippen molar-refractivity contribution in [3.8, 4) is 0 Å². The molecule has 0 bridgehead atoms. The van der Waals surface area contributed by atoms with Crippen molar-refractivity contribution >= 4 is 16.9 Å². The molecule has 110 valence electrons. The van der Waals surface area contributed by atoms with Gasteiger partial charge in [0.2, 0.25) is 5.91 Å². The Balaban J connectivity index is 1.73. The molecule has 0 aliphatic carbocycles. The first kappa shape index (κ1) is 13.8. The lowest BCUT2D eigenvalue weighted by Crippen LogP contribution is -2.47. The van der Waals surface area contributed by atoms with E-state index >= 15 is 0 Å². The van der Waals surface area contributed by atoms with E-state index in [1.807, 2.05) is 23.1 Å². The first-order chi connectivity index (χ1) is 10.1. The van der Waals surface area contributed by atoms with Crippen molar-refractivity contribution in [1.82, 2.24) is 9.80 Å². The fourth-order valence-electron chi connectivity index (χ4n) is 2.71. The molecule has 5 nitrogen and oxygen atoms in total. The number of carbonyl (C=O) groups is 1. The third-order valence-electron chi connectivity index (χ3n) is 3.95. The van der Waals surface area contributed by atoms with Gasteiger partial charge in [-0.1, -0.05) is 6.07 Å². The van der Waals surface area contributed by atoms with Crippen molar-refractivity contribution in [2.24, 2.45) is 0 Å². The summed E-state index contributed by atoms with van der Waals surface area (Å²) in [5, 5.41) is 0.623. The topological polar surface area (TPSA) is 53.8 Å². The van der Waals surface area contributed by atoms with Crippen LogP contribution in [0.1, 0.15) is 12.5 Å². The second-order valence-electron chi connectivity index (χ2n) is 5.40. The van der Waals surface area contributed by atoms with Gasteiger partial charge in [-0.3, -0.25) is 14.5 Å². The van der Waals surface area contributed by atoms with Crippen molar-refractivity contribution in [2.45, 2.75) is 13.5 Å². The Labute approximate surface area is 122 Å². The van der Waals surface area contributed by atoms with Crippen LogP contribution < -0.4 is 5.43 Å². The number of benzene rings is 1. The molecule has 21 heavy (non-hydrogen) atoms. The van der Waals surface area contributed by atoms with Crippen molar-refractivity contribution in [2.75, 3.05) is 26.2 Å². The predicted molar refractivity (Wildman–Crippen MR) is 80.0 cm³/mol. The maximum absolute atomic E-state index is 11.8. The van der Waals surface area contributed by atoms with Gasteiger partial charge in [0.15, 0.2) is 5.43 Å². The Bertz CT molecular complexity index is 715. The van der Waals surface area contributed by atoms with E-state index < -0.39 is 0 Å². The van der Waals surface area contributed by atoms with E-state index in [0.717, 1.165) is 38.3 Å². The summed E-state index contributed by atoms with van der Waals surface area (Å²) in [6, 6.07) is 7.18. The smallest absolute Gasteiger partial charge is 0.219 e. The monoisotopic (exact) mass is 286 g/mol. The minimum atomic E-state index is -0.0144. The summed E-state index contributed by atoms with van der Waals surface area (Å²) in [5.41, 5.74) is 1.70. The van der Waals surface area contributed by atoms with Crippen LogP contribution in [0.4, 0.5) is 0 Å². The summed E-state index contributed by atoms with van der Waals surface area (Å²) < 4.78 is 5.32. The van der Waals surface area contributed by atoms with Gasteiger partial charge in [-0.2, -0.15) is 0 Å². The molecule has 0 spiro atoms. The van der Waals surface area contributed by atoms with Crippen LogP contribution in [0.2, 0.25) is 0 Å². The number of carbonyl (C=O) groups excluding carboxylic acids is 1. The van der Waals surface area contributed by atoms with Crippen LogP contribution in [-0.2, 0) is 11.3 Å². The summed E-state index contributed by atoms with van der Waals surface area (Å²) in [7, 11) is 0. The Morgan fingerprint density at radius 3 is 2.67 bits per heavy atom. The number of rotatable bonds is 2. The third kappa shape index (κ3) is 2.97. The highest BCUT2D eigenvalue weighted by molar-refractivity contribution is 5.76. The standard InChI is InChI=1S/C16H18N2O3/c1-12(19)18-7-5-17(6-8-18)11-13-2-3-16-14(10-13)15(20)4-9-21-16/h2-4,9-10H,5-8,11H2,1H3. The van der Waals surface area contributed by atoms with E-state index in [1.165, 1.54) is 12.3 Å². The normalized spacial score (nSPS) is 16.3. The highest BCUT2D eigenvalue weighted by atomic mass is 16.3.